The number of hydrogen-bond acceptors (Lipinski definition) is 2. The molecule has 0 aliphatic heterocycles. The lowest BCUT2D eigenvalue weighted by Crippen LogP contribution is -2.04. The van der Waals surface area contributed by atoms with Gasteiger partial charge in [-0.1, -0.05) is 46.9 Å². The molecule has 2 aromatic carbocycles. The van der Waals surface area contributed by atoms with Crippen LogP contribution in [0.15, 0.2) is 34.8 Å². The topological polar surface area (TPSA) is 29.5 Å². The van der Waals surface area contributed by atoms with Crippen molar-refractivity contribution < 1.29 is 9.84 Å². The fourth-order valence-electron chi connectivity index (χ4n) is 1.90. The summed E-state index contributed by atoms with van der Waals surface area (Å²) in [6, 6.07) is 8.40. The lowest BCUT2D eigenvalue weighted by molar-refractivity contribution is 0.214. The number of ether oxygens (including phenoxy) is 1. The Bertz CT molecular complexity index is 647. The average Bonchev–Trinajstić information content (AvgIpc) is 2.40. The summed E-state index contributed by atoms with van der Waals surface area (Å²) in [7, 11) is 1.52. The maximum atomic E-state index is 10.6. The van der Waals surface area contributed by atoms with Crippen molar-refractivity contribution >= 4 is 50.7 Å². The third-order valence-electron chi connectivity index (χ3n) is 2.81. The number of aliphatic hydroxyl groups is 1. The highest BCUT2D eigenvalue weighted by Gasteiger charge is 2.21. The SMILES string of the molecule is COc1c(Br)cc(Cl)cc1C(O)c1cccc(Cl)c1Cl. The van der Waals surface area contributed by atoms with Crippen LogP contribution in [0.1, 0.15) is 17.2 Å². The van der Waals surface area contributed by atoms with Crippen molar-refractivity contribution in [1.29, 1.82) is 0 Å². The molecule has 0 aromatic heterocycles. The van der Waals surface area contributed by atoms with Gasteiger partial charge in [0.1, 0.15) is 11.9 Å². The van der Waals surface area contributed by atoms with Gasteiger partial charge in [0.05, 0.1) is 21.6 Å². The van der Waals surface area contributed by atoms with Crippen molar-refractivity contribution in [1.82, 2.24) is 0 Å². The van der Waals surface area contributed by atoms with Crippen LogP contribution in [0, 0.1) is 0 Å². The standard InChI is InChI=1S/C14H10BrCl3O2/c1-20-14-9(5-7(16)6-10(14)15)13(19)8-3-2-4-11(17)12(8)18/h2-6,13,19H,1H3. The van der Waals surface area contributed by atoms with Crippen LogP contribution in [-0.4, -0.2) is 12.2 Å². The molecule has 0 aliphatic carbocycles. The summed E-state index contributed by atoms with van der Waals surface area (Å²) in [4.78, 5) is 0. The zero-order chi connectivity index (χ0) is 14.9. The van der Waals surface area contributed by atoms with Crippen LogP contribution in [0.5, 0.6) is 5.75 Å². The molecule has 20 heavy (non-hydrogen) atoms. The fourth-order valence-corrected chi connectivity index (χ4v) is 3.30. The minimum absolute atomic E-state index is 0.305. The fraction of sp³-hybridized carbons (Fsp3) is 0.143. The Morgan fingerprint density at radius 3 is 2.50 bits per heavy atom. The predicted octanol–water partition coefficient (Wildman–Crippen LogP) is 5.50. The van der Waals surface area contributed by atoms with Crippen molar-refractivity contribution in [3.63, 3.8) is 0 Å². The Labute approximate surface area is 140 Å². The average molecular weight is 396 g/mol. The minimum atomic E-state index is -0.994. The van der Waals surface area contributed by atoms with Gasteiger partial charge in [-0.25, -0.2) is 0 Å². The summed E-state index contributed by atoms with van der Waals surface area (Å²) < 4.78 is 5.95. The smallest absolute Gasteiger partial charge is 0.139 e. The summed E-state index contributed by atoms with van der Waals surface area (Å²) in [5.41, 5.74) is 1.00. The van der Waals surface area contributed by atoms with E-state index in [0.717, 1.165) is 0 Å². The van der Waals surface area contributed by atoms with Gasteiger partial charge in [0.15, 0.2) is 0 Å². The van der Waals surface area contributed by atoms with Gasteiger partial charge in [-0.2, -0.15) is 0 Å². The Kier molecular flexibility index (Phi) is 5.21. The van der Waals surface area contributed by atoms with Crippen molar-refractivity contribution in [2.45, 2.75) is 6.10 Å². The molecule has 0 radical (unpaired) electrons. The number of rotatable bonds is 3. The third kappa shape index (κ3) is 3.07. The number of methoxy groups -OCH3 is 1. The highest BCUT2D eigenvalue weighted by Crippen LogP contribution is 2.40. The first-order chi connectivity index (χ1) is 9.45. The molecular weight excluding hydrogens is 386 g/mol. The zero-order valence-electron chi connectivity index (χ0n) is 10.3. The van der Waals surface area contributed by atoms with Gasteiger partial charge in [0.2, 0.25) is 0 Å². The summed E-state index contributed by atoms with van der Waals surface area (Å²) in [6.07, 6.45) is -0.994. The van der Waals surface area contributed by atoms with Crippen molar-refractivity contribution in [3.05, 3.63) is 61.0 Å². The largest absolute Gasteiger partial charge is 0.495 e. The lowest BCUT2D eigenvalue weighted by atomic mass is 10.0. The summed E-state index contributed by atoms with van der Waals surface area (Å²) in [6.45, 7) is 0. The molecule has 0 heterocycles. The second-order valence-corrected chi connectivity index (χ2v) is 6.13. The van der Waals surface area contributed by atoms with Gasteiger partial charge < -0.3 is 9.84 Å². The molecule has 1 N–H and O–H groups in total. The minimum Gasteiger partial charge on any atom is -0.495 e. The summed E-state index contributed by atoms with van der Waals surface area (Å²) >= 11 is 21.5. The van der Waals surface area contributed by atoms with E-state index < -0.39 is 6.10 Å². The first kappa shape index (κ1) is 15.9. The molecular formula is C14H10BrCl3O2. The monoisotopic (exact) mass is 394 g/mol. The van der Waals surface area contributed by atoms with Crippen molar-refractivity contribution in [2.24, 2.45) is 0 Å². The van der Waals surface area contributed by atoms with Crippen molar-refractivity contribution in [3.8, 4) is 5.75 Å². The van der Waals surface area contributed by atoms with Gasteiger partial charge in [-0.15, -0.1) is 0 Å². The third-order valence-corrected chi connectivity index (χ3v) is 4.45. The molecule has 2 rings (SSSR count). The molecule has 2 aromatic rings. The summed E-state index contributed by atoms with van der Waals surface area (Å²) in [5, 5.41) is 11.7. The van der Waals surface area contributed by atoms with Gasteiger partial charge in [-0.3, -0.25) is 0 Å². The molecule has 0 bridgehead atoms. The normalized spacial score (nSPS) is 12.3. The zero-order valence-corrected chi connectivity index (χ0v) is 14.2. The highest BCUT2D eigenvalue weighted by molar-refractivity contribution is 9.10. The van der Waals surface area contributed by atoms with Crippen LogP contribution >= 0.6 is 50.7 Å². The summed E-state index contributed by atoms with van der Waals surface area (Å²) in [5.74, 6) is 0.498. The molecule has 0 aliphatic rings. The Morgan fingerprint density at radius 2 is 1.85 bits per heavy atom. The van der Waals surface area contributed by atoms with E-state index in [2.05, 4.69) is 15.9 Å². The van der Waals surface area contributed by atoms with Gasteiger partial charge in [0, 0.05) is 16.1 Å². The van der Waals surface area contributed by atoms with Crippen LogP contribution in [0.4, 0.5) is 0 Å². The van der Waals surface area contributed by atoms with Gasteiger partial charge in [0.25, 0.3) is 0 Å². The second-order valence-electron chi connectivity index (χ2n) is 4.06. The van der Waals surface area contributed by atoms with E-state index in [9.17, 15) is 5.11 Å². The quantitative estimate of drug-likeness (QED) is 0.742. The van der Waals surface area contributed by atoms with Crippen molar-refractivity contribution in [2.75, 3.05) is 7.11 Å². The van der Waals surface area contributed by atoms with E-state index >= 15 is 0 Å². The van der Waals surface area contributed by atoms with Crippen LogP contribution in [0.2, 0.25) is 15.1 Å². The van der Waals surface area contributed by atoms with E-state index in [1.54, 1.807) is 30.3 Å². The maximum Gasteiger partial charge on any atom is 0.139 e. The molecule has 1 atom stereocenters. The molecule has 0 spiro atoms. The maximum absolute atomic E-state index is 10.6. The van der Waals surface area contributed by atoms with E-state index in [1.807, 2.05) is 0 Å². The Balaban J connectivity index is 2.58. The van der Waals surface area contributed by atoms with E-state index in [-0.39, 0.29) is 0 Å². The van der Waals surface area contributed by atoms with Gasteiger partial charge in [-0.05, 0) is 34.1 Å². The predicted molar refractivity (Wildman–Crippen MR) is 86.2 cm³/mol. The van der Waals surface area contributed by atoms with Gasteiger partial charge >= 0.3 is 0 Å². The Hall–Kier alpha value is -0.450. The van der Waals surface area contributed by atoms with E-state index in [4.69, 9.17) is 39.5 Å². The first-order valence-corrected chi connectivity index (χ1v) is 7.53. The number of halogens is 4. The molecule has 0 saturated heterocycles. The second kappa shape index (κ2) is 6.54. The molecule has 6 heteroatoms. The molecule has 1 unspecified atom stereocenters. The number of aliphatic hydroxyl groups excluding tert-OH is 1. The highest BCUT2D eigenvalue weighted by atomic mass is 79.9. The van der Waals surface area contributed by atoms with E-state index in [0.29, 0.717) is 36.4 Å². The van der Waals surface area contributed by atoms with Crippen LogP contribution in [0.25, 0.3) is 0 Å². The molecule has 106 valence electrons. The number of benzene rings is 2. The Morgan fingerprint density at radius 1 is 1.15 bits per heavy atom. The van der Waals surface area contributed by atoms with E-state index in [1.165, 1.54) is 7.11 Å². The lowest BCUT2D eigenvalue weighted by Gasteiger charge is -2.18. The van der Waals surface area contributed by atoms with Crippen LogP contribution in [-0.2, 0) is 0 Å². The van der Waals surface area contributed by atoms with Crippen LogP contribution < -0.4 is 4.74 Å². The molecule has 0 amide bonds. The molecule has 0 saturated carbocycles. The van der Waals surface area contributed by atoms with Crippen LogP contribution in [0.3, 0.4) is 0 Å². The first-order valence-electron chi connectivity index (χ1n) is 5.60. The molecule has 0 fully saturated rings. The molecule has 2 nitrogen and oxygen atoms in total. The number of hydrogen-bond donors (Lipinski definition) is 1.